The van der Waals surface area contributed by atoms with Gasteiger partial charge in [0.05, 0.1) is 0 Å². The summed E-state index contributed by atoms with van der Waals surface area (Å²) in [5, 5.41) is 5.33. The summed E-state index contributed by atoms with van der Waals surface area (Å²) in [5.41, 5.74) is 0. The van der Waals surface area contributed by atoms with Gasteiger partial charge >= 0.3 is 6.18 Å². The number of aromatic nitrogens is 3. The Morgan fingerprint density at radius 2 is 2.00 bits per heavy atom. The van der Waals surface area contributed by atoms with E-state index in [0.29, 0.717) is 16.0 Å². The molecule has 2 aromatic rings. The van der Waals surface area contributed by atoms with Gasteiger partial charge in [0, 0.05) is 10.5 Å². The molecule has 0 N–H and O–H groups in total. The van der Waals surface area contributed by atoms with Crippen molar-refractivity contribution in [2.24, 2.45) is 4.99 Å². The lowest BCUT2D eigenvalue weighted by Gasteiger charge is -1.96. The Bertz CT molecular complexity index is 556. The van der Waals surface area contributed by atoms with E-state index in [0.717, 1.165) is 20.9 Å². The third-order valence-corrected chi connectivity index (χ3v) is 4.30. The molecule has 0 spiro atoms. The van der Waals surface area contributed by atoms with E-state index in [1.54, 1.807) is 0 Å². The SMILES string of the molecule is FC(F)(F)c1nnc(N=c2ssnc2Cl)s1. The smallest absolute Gasteiger partial charge is 0.203 e. The third kappa shape index (κ3) is 2.56. The first-order valence-corrected chi connectivity index (χ1v) is 6.84. The lowest BCUT2D eigenvalue weighted by atomic mass is 10.7. The highest BCUT2D eigenvalue weighted by Gasteiger charge is 2.35. The fourth-order valence-corrected chi connectivity index (χ4v) is 3.31. The molecule has 0 aliphatic rings. The second-order valence-electron chi connectivity index (χ2n) is 2.34. The van der Waals surface area contributed by atoms with Gasteiger partial charge in [-0.05, 0) is 10.3 Å². The Labute approximate surface area is 103 Å². The molecular weight excluding hydrogens is 305 g/mol. The number of alkyl halides is 3. The molecule has 2 heterocycles. The predicted molar refractivity (Wildman–Crippen MR) is 55.1 cm³/mol. The molecule has 0 atom stereocenters. The van der Waals surface area contributed by atoms with Gasteiger partial charge in [-0.3, -0.25) is 0 Å². The minimum Gasteiger partial charge on any atom is -0.203 e. The fourth-order valence-electron chi connectivity index (χ4n) is 0.687. The van der Waals surface area contributed by atoms with Gasteiger partial charge in [-0.2, -0.15) is 17.5 Å². The van der Waals surface area contributed by atoms with Crippen molar-refractivity contribution in [3.63, 3.8) is 0 Å². The number of hydrogen-bond acceptors (Lipinski definition) is 7. The van der Waals surface area contributed by atoms with Crippen molar-refractivity contribution in [3.8, 4) is 0 Å². The van der Waals surface area contributed by atoms with Crippen molar-refractivity contribution in [1.82, 2.24) is 14.6 Å². The third-order valence-electron chi connectivity index (χ3n) is 1.26. The molecule has 0 amide bonds. The molecule has 0 saturated carbocycles. The lowest BCUT2D eigenvalue weighted by molar-refractivity contribution is -0.138. The van der Waals surface area contributed by atoms with Crippen LogP contribution >= 0.6 is 43.8 Å². The van der Waals surface area contributed by atoms with Crippen LogP contribution in [0.2, 0.25) is 5.15 Å². The molecule has 0 aromatic carbocycles. The summed E-state index contributed by atoms with van der Waals surface area (Å²) in [7, 11) is 2.25. The summed E-state index contributed by atoms with van der Waals surface area (Å²) in [6.45, 7) is 0. The van der Waals surface area contributed by atoms with E-state index in [2.05, 4.69) is 19.6 Å². The van der Waals surface area contributed by atoms with Crippen LogP contribution in [0.4, 0.5) is 18.3 Å². The molecule has 86 valence electrons. The first kappa shape index (κ1) is 11.9. The van der Waals surface area contributed by atoms with Crippen molar-refractivity contribution in [1.29, 1.82) is 0 Å². The standard InChI is InChI=1S/C5ClF3N4S3/c6-1-2(15-16-13-1)10-4-12-11-3(14-4)5(7,8)9. The first-order chi connectivity index (χ1) is 7.47. The van der Waals surface area contributed by atoms with Crippen LogP contribution < -0.4 is 4.67 Å². The highest BCUT2D eigenvalue weighted by atomic mass is 35.5. The van der Waals surface area contributed by atoms with E-state index in [1.165, 1.54) is 0 Å². The summed E-state index contributed by atoms with van der Waals surface area (Å²) < 4.78 is 40.6. The molecule has 0 saturated heterocycles. The Morgan fingerprint density at radius 1 is 1.25 bits per heavy atom. The van der Waals surface area contributed by atoms with Crippen LogP contribution in [0.1, 0.15) is 5.01 Å². The number of rotatable bonds is 1. The zero-order chi connectivity index (χ0) is 11.8. The Hall–Kier alpha value is -0.580. The van der Waals surface area contributed by atoms with Crippen LogP contribution in [0.5, 0.6) is 0 Å². The summed E-state index contributed by atoms with van der Waals surface area (Å²) in [6, 6.07) is 0. The molecule has 0 unspecified atom stereocenters. The summed E-state index contributed by atoms with van der Waals surface area (Å²) in [4.78, 5) is 3.81. The minimum atomic E-state index is -4.49. The number of halogens is 4. The van der Waals surface area contributed by atoms with Crippen LogP contribution in [0, 0.1) is 0 Å². The summed E-state index contributed by atoms with van der Waals surface area (Å²) in [6.07, 6.45) is -4.49. The fraction of sp³-hybridized carbons (Fsp3) is 0.200. The van der Waals surface area contributed by atoms with Gasteiger partial charge in [-0.1, -0.05) is 22.9 Å². The molecule has 0 radical (unpaired) electrons. The Kier molecular flexibility index (Phi) is 3.24. The molecule has 2 aromatic heterocycles. The second kappa shape index (κ2) is 4.35. The van der Waals surface area contributed by atoms with Crippen molar-refractivity contribution in [3.05, 3.63) is 14.8 Å². The molecule has 11 heteroatoms. The zero-order valence-electron chi connectivity index (χ0n) is 7.03. The van der Waals surface area contributed by atoms with Gasteiger partial charge < -0.3 is 0 Å². The maximum atomic E-state index is 12.2. The van der Waals surface area contributed by atoms with Crippen LogP contribution in [0.3, 0.4) is 0 Å². The highest BCUT2D eigenvalue weighted by Crippen LogP contribution is 2.33. The van der Waals surface area contributed by atoms with E-state index >= 15 is 0 Å². The molecule has 2 rings (SSSR count). The summed E-state index contributed by atoms with van der Waals surface area (Å²) in [5.74, 6) is 0. The van der Waals surface area contributed by atoms with Gasteiger partial charge in [0.2, 0.25) is 10.1 Å². The van der Waals surface area contributed by atoms with Crippen LogP contribution in [-0.2, 0) is 6.18 Å². The topological polar surface area (TPSA) is 51.0 Å². The van der Waals surface area contributed by atoms with Crippen molar-refractivity contribution in [2.75, 3.05) is 0 Å². The van der Waals surface area contributed by atoms with Gasteiger partial charge in [0.1, 0.15) is 0 Å². The molecule has 0 aliphatic carbocycles. The van der Waals surface area contributed by atoms with E-state index in [1.807, 2.05) is 0 Å². The molecule has 0 aliphatic heterocycles. The lowest BCUT2D eigenvalue weighted by Crippen LogP contribution is -2.03. The van der Waals surface area contributed by atoms with Gasteiger partial charge in [0.15, 0.2) is 9.82 Å². The maximum absolute atomic E-state index is 12.2. The zero-order valence-corrected chi connectivity index (χ0v) is 10.2. The Morgan fingerprint density at radius 3 is 2.50 bits per heavy atom. The normalized spacial score (nSPS) is 13.4. The van der Waals surface area contributed by atoms with Gasteiger partial charge in [0.25, 0.3) is 0 Å². The quantitative estimate of drug-likeness (QED) is 0.761. The van der Waals surface area contributed by atoms with Crippen LogP contribution in [0.15, 0.2) is 4.99 Å². The van der Waals surface area contributed by atoms with E-state index in [-0.39, 0.29) is 10.3 Å². The minimum absolute atomic E-state index is 0.0920. The van der Waals surface area contributed by atoms with Crippen LogP contribution in [-0.4, -0.2) is 14.6 Å². The maximum Gasteiger partial charge on any atom is 0.445 e. The van der Waals surface area contributed by atoms with E-state index in [9.17, 15) is 13.2 Å². The van der Waals surface area contributed by atoms with Crippen LogP contribution in [0.25, 0.3) is 0 Å². The van der Waals surface area contributed by atoms with E-state index < -0.39 is 11.2 Å². The van der Waals surface area contributed by atoms with Gasteiger partial charge in [-0.25, -0.2) is 4.99 Å². The largest absolute Gasteiger partial charge is 0.445 e. The average Bonchev–Trinajstić information content (AvgIpc) is 2.76. The predicted octanol–water partition coefficient (Wildman–Crippen LogP) is 2.96. The first-order valence-electron chi connectivity index (χ1n) is 3.54. The highest BCUT2D eigenvalue weighted by molar-refractivity contribution is 7.66. The van der Waals surface area contributed by atoms with E-state index in [4.69, 9.17) is 11.6 Å². The van der Waals surface area contributed by atoms with Crippen molar-refractivity contribution in [2.45, 2.75) is 6.18 Å². The average molecular weight is 305 g/mol. The van der Waals surface area contributed by atoms with Crippen molar-refractivity contribution >= 4 is 48.9 Å². The number of nitrogens with zero attached hydrogens (tertiary/aromatic N) is 4. The molecule has 16 heavy (non-hydrogen) atoms. The molecule has 0 bridgehead atoms. The summed E-state index contributed by atoms with van der Waals surface area (Å²) >= 11 is 5.99. The molecular formula is C5ClF3N4S3. The monoisotopic (exact) mass is 304 g/mol. The Balaban J connectivity index is 2.38. The van der Waals surface area contributed by atoms with Crippen molar-refractivity contribution < 1.29 is 13.2 Å². The second-order valence-corrected chi connectivity index (χ2v) is 5.49. The van der Waals surface area contributed by atoms with Gasteiger partial charge in [-0.15, -0.1) is 10.2 Å². The number of hydrogen-bond donors (Lipinski definition) is 0. The molecule has 0 fully saturated rings. The molecule has 4 nitrogen and oxygen atoms in total.